The highest BCUT2D eigenvalue weighted by Gasteiger charge is 2.56. The average molecular weight is 295 g/mol. The highest BCUT2D eigenvalue weighted by molar-refractivity contribution is 5.31. The van der Waals surface area contributed by atoms with E-state index in [9.17, 15) is 0 Å². The molecular weight excluding hydrogens is 266 g/mol. The van der Waals surface area contributed by atoms with E-state index in [2.05, 4.69) is 26.0 Å². The van der Waals surface area contributed by atoms with Crippen LogP contribution in [0.2, 0.25) is 0 Å². The van der Waals surface area contributed by atoms with Crippen LogP contribution in [0.3, 0.4) is 0 Å². The van der Waals surface area contributed by atoms with Gasteiger partial charge in [0, 0.05) is 6.08 Å². The molecule has 4 aliphatic carbocycles. The molecule has 3 unspecified atom stereocenters. The SMILES string of the molecule is CC12CCC3[C@@H](CC=C4CCCC[C@@]43C)C1CC/C2=C/C#N. The Balaban J connectivity index is 1.70. The molecule has 118 valence electrons. The molecule has 0 radical (unpaired) electrons. The van der Waals surface area contributed by atoms with Crippen LogP contribution in [0.15, 0.2) is 23.3 Å². The van der Waals surface area contributed by atoms with Gasteiger partial charge in [0.1, 0.15) is 0 Å². The van der Waals surface area contributed by atoms with Crippen LogP contribution in [0, 0.1) is 39.9 Å². The van der Waals surface area contributed by atoms with Crippen LogP contribution in [0.1, 0.15) is 71.6 Å². The van der Waals surface area contributed by atoms with Crippen LogP contribution >= 0.6 is 0 Å². The number of rotatable bonds is 0. The summed E-state index contributed by atoms with van der Waals surface area (Å²) in [5.41, 5.74) is 4.09. The maximum Gasteiger partial charge on any atom is 0.0911 e. The lowest BCUT2D eigenvalue weighted by Gasteiger charge is -2.57. The zero-order chi connectivity index (χ0) is 15.4. The number of nitriles is 1. The van der Waals surface area contributed by atoms with E-state index in [0.717, 1.165) is 17.8 Å². The van der Waals surface area contributed by atoms with Crippen LogP contribution in [0.25, 0.3) is 0 Å². The van der Waals surface area contributed by atoms with Crippen molar-refractivity contribution < 1.29 is 0 Å². The van der Waals surface area contributed by atoms with Crippen molar-refractivity contribution in [2.24, 2.45) is 28.6 Å². The van der Waals surface area contributed by atoms with Crippen molar-refractivity contribution in [2.75, 3.05) is 0 Å². The topological polar surface area (TPSA) is 23.8 Å². The van der Waals surface area contributed by atoms with Gasteiger partial charge in [0.05, 0.1) is 6.07 Å². The summed E-state index contributed by atoms with van der Waals surface area (Å²) in [6.07, 6.45) is 16.7. The molecule has 0 spiro atoms. The number of hydrogen-bond acceptors (Lipinski definition) is 1. The molecule has 0 heterocycles. The van der Waals surface area contributed by atoms with Gasteiger partial charge in [0.25, 0.3) is 0 Å². The molecule has 0 aromatic carbocycles. The fraction of sp³-hybridized carbons (Fsp3) is 0.762. The normalized spacial score (nSPS) is 48.9. The molecule has 0 N–H and O–H groups in total. The van der Waals surface area contributed by atoms with E-state index in [-0.39, 0.29) is 0 Å². The van der Waals surface area contributed by atoms with Crippen molar-refractivity contribution >= 4 is 0 Å². The molecular formula is C21H29N. The minimum atomic E-state index is 0.327. The Kier molecular flexibility index (Phi) is 3.30. The minimum absolute atomic E-state index is 0.327. The van der Waals surface area contributed by atoms with Gasteiger partial charge in [-0.2, -0.15) is 5.26 Å². The molecule has 1 heteroatoms. The maximum atomic E-state index is 9.12. The van der Waals surface area contributed by atoms with Gasteiger partial charge in [-0.1, -0.05) is 37.5 Å². The Labute approximate surface area is 135 Å². The predicted molar refractivity (Wildman–Crippen MR) is 90.0 cm³/mol. The molecule has 0 bridgehead atoms. The molecule has 0 saturated heterocycles. The lowest BCUT2D eigenvalue weighted by atomic mass is 9.48. The maximum absolute atomic E-state index is 9.12. The summed E-state index contributed by atoms with van der Waals surface area (Å²) >= 11 is 0. The fourth-order valence-electron chi connectivity index (χ4n) is 6.86. The molecule has 5 atom stereocenters. The van der Waals surface area contributed by atoms with Gasteiger partial charge >= 0.3 is 0 Å². The van der Waals surface area contributed by atoms with Gasteiger partial charge in [-0.3, -0.25) is 0 Å². The van der Waals surface area contributed by atoms with Crippen molar-refractivity contribution in [3.63, 3.8) is 0 Å². The Bertz CT molecular complexity index is 577. The van der Waals surface area contributed by atoms with Crippen molar-refractivity contribution in [3.05, 3.63) is 23.3 Å². The molecule has 3 saturated carbocycles. The van der Waals surface area contributed by atoms with E-state index in [1.54, 1.807) is 5.57 Å². The zero-order valence-electron chi connectivity index (χ0n) is 14.2. The van der Waals surface area contributed by atoms with E-state index >= 15 is 0 Å². The van der Waals surface area contributed by atoms with Crippen LogP contribution in [0.5, 0.6) is 0 Å². The highest BCUT2D eigenvalue weighted by atomic mass is 14.6. The monoisotopic (exact) mass is 295 g/mol. The first-order valence-electron chi connectivity index (χ1n) is 9.38. The quantitative estimate of drug-likeness (QED) is 0.410. The van der Waals surface area contributed by atoms with Crippen LogP contribution < -0.4 is 0 Å². The van der Waals surface area contributed by atoms with Gasteiger partial charge in [-0.15, -0.1) is 0 Å². The van der Waals surface area contributed by atoms with Gasteiger partial charge in [-0.05, 0) is 80.0 Å². The van der Waals surface area contributed by atoms with Crippen molar-refractivity contribution in [3.8, 4) is 6.07 Å². The van der Waals surface area contributed by atoms with Crippen molar-refractivity contribution in [1.82, 2.24) is 0 Å². The summed E-state index contributed by atoms with van der Waals surface area (Å²) in [5.74, 6) is 2.60. The minimum Gasteiger partial charge on any atom is -0.193 e. The molecule has 0 aromatic heterocycles. The summed E-state index contributed by atoms with van der Waals surface area (Å²) in [6.45, 7) is 5.05. The van der Waals surface area contributed by atoms with E-state index < -0.39 is 0 Å². The van der Waals surface area contributed by atoms with Crippen LogP contribution in [-0.4, -0.2) is 0 Å². The Hall–Kier alpha value is -1.03. The third-order valence-corrected chi connectivity index (χ3v) is 8.10. The Morgan fingerprint density at radius 1 is 1.09 bits per heavy atom. The summed E-state index contributed by atoms with van der Waals surface area (Å²) in [6, 6.07) is 2.32. The van der Waals surface area contributed by atoms with Gasteiger partial charge in [0.2, 0.25) is 0 Å². The molecule has 0 amide bonds. The molecule has 4 rings (SSSR count). The number of fused-ring (bicyclic) bond motifs is 5. The third kappa shape index (κ3) is 1.82. The van der Waals surface area contributed by atoms with Gasteiger partial charge in [-0.25, -0.2) is 0 Å². The van der Waals surface area contributed by atoms with Crippen molar-refractivity contribution in [2.45, 2.75) is 71.6 Å². The standard InChI is InChI=1S/C21H29N/c1-20-12-4-3-5-15(20)6-8-17-18-9-7-16(11-14-22)21(18,2)13-10-19(17)20/h6,11,17-19H,3-5,7-10,12-13H2,1-2H3/b16-11-/t17-,18?,19?,20-,21?/m0/s1. The van der Waals surface area contributed by atoms with E-state index in [0.29, 0.717) is 10.8 Å². The van der Waals surface area contributed by atoms with E-state index in [1.807, 2.05) is 6.08 Å². The van der Waals surface area contributed by atoms with Crippen LogP contribution in [-0.2, 0) is 0 Å². The molecule has 22 heavy (non-hydrogen) atoms. The second-order valence-corrected chi connectivity index (χ2v) is 8.76. The molecule has 0 aromatic rings. The first-order chi connectivity index (χ1) is 10.6. The number of nitrogens with zero attached hydrogens (tertiary/aromatic N) is 1. The average Bonchev–Trinajstić information content (AvgIpc) is 2.84. The fourth-order valence-corrected chi connectivity index (χ4v) is 6.86. The molecule has 1 nitrogen and oxygen atoms in total. The summed E-state index contributed by atoms with van der Waals surface area (Å²) in [5, 5.41) is 9.12. The summed E-state index contributed by atoms with van der Waals surface area (Å²) in [7, 11) is 0. The largest absolute Gasteiger partial charge is 0.193 e. The lowest BCUT2D eigenvalue weighted by Crippen LogP contribution is -2.48. The van der Waals surface area contributed by atoms with Gasteiger partial charge < -0.3 is 0 Å². The lowest BCUT2D eigenvalue weighted by molar-refractivity contribution is -0.0135. The second kappa shape index (κ2) is 4.98. The van der Waals surface area contributed by atoms with E-state index in [1.165, 1.54) is 63.4 Å². The summed E-state index contributed by atoms with van der Waals surface area (Å²) < 4.78 is 0. The third-order valence-electron chi connectivity index (χ3n) is 8.10. The predicted octanol–water partition coefficient (Wildman–Crippen LogP) is 5.79. The smallest absolute Gasteiger partial charge is 0.0911 e. The summed E-state index contributed by atoms with van der Waals surface area (Å²) in [4.78, 5) is 0. The first-order valence-corrected chi connectivity index (χ1v) is 9.38. The highest BCUT2D eigenvalue weighted by Crippen LogP contribution is 2.65. The van der Waals surface area contributed by atoms with Crippen molar-refractivity contribution in [1.29, 1.82) is 5.26 Å². The Morgan fingerprint density at radius 2 is 1.91 bits per heavy atom. The first kappa shape index (κ1) is 14.6. The molecule has 0 aliphatic heterocycles. The molecule has 3 fully saturated rings. The number of allylic oxidation sites excluding steroid dienone is 4. The zero-order valence-corrected chi connectivity index (χ0v) is 14.2. The Morgan fingerprint density at radius 3 is 2.73 bits per heavy atom. The van der Waals surface area contributed by atoms with Gasteiger partial charge in [0.15, 0.2) is 0 Å². The molecule has 4 aliphatic rings. The number of hydrogen-bond donors (Lipinski definition) is 0. The van der Waals surface area contributed by atoms with Crippen LogP contribution in [0.4, 0.5) is 0 Å². The second-order valence-electron chi connectivity index (χ2n) is 8.76. The van der Waals surface area contributed by atoms with E-state index in [4.69, 9.17) is 5.26 Å².